The number of sulfonamides is 1. The Morgan fingerprint density at radius 1 is 1.15 bits per heavy atom. The molecule has 8 heteroatoms. The maximum absolute atomic E-state index is 13.1. The highest BCUT2D eigenvalue weighted by Crippen LogP contribution is 2.39. The Labute approximate surface area is 160 Å². The first-order valence-electron chi connectivity index (χ1n) is 9.46. The summed E-state index contributed by atoms with van der Waals surface area (Å²) in [7, 11) is -1.47. The first-order valence-corrected chi connectivity index (χ1v) is 10.9. The quantitative estimate of drug-likeness (QED) is 0.776. The highest BCUT2D eigenvalue weighted by molar-refractivity contribution is 7.89. The average Bonchev–Trinajstić information content (AvgIpc) is 3.41. The Morgan fingerprint density at radius 3 is 2.63 bits per heavy atom. The largest absolute Gasteiger partial charge is 0.444 e. The molecule has 1 aliphatic carbocycles. The summed E-state index contributed by atoms with van der Waals surface area (Å²) in [6.45, 7) is 3.57. The molecule has 0 atom stereocenters. The van der Waals surface area contributed by atoms with Crippen molar-refractivity contribution in [3.63, 3.8) is 0 Å². The molecule has 2 heterocycles. The van der Waals surface area contributed by atoms with Crippen molar-refractivity contribution in [3.05, 3.63) is 47.7 Å². The number of aromatic nitrogens is 1. The third kappa shape index (κ3) is 4.24. The van der Waals surface area contributed by atoms with Crippen molar-refractivity contribution in [2.24, 2.45) is 0 Å². The van der Waals surface area contributed by atoms with Crippen LogP contribution in [0.4, 0.5) is 0 Å². The Bertz CT molecular complexity index is 884. The van der Waals surface area contributed by atoms with Crippen LogP contribution < -0.4 is 5.32 Å². The van der Waals surface area contributed by atoms with Gasteiger partial charge in [0.05, 0.1) is 17.6 Å². The van der Waals surface area contributed by atoms with Gasteiger partial charge in [-0.15, -0.1) is 0 Å². The van der Waals surface area contributed by atoms with Crippen LogP contribution in [-0.4, -0.2) is 55.8 Å². The van der Waals surface area contributed by atoms with Gasteiger partial charge in [0.15, 0.2) is 5.89 Å². The van der Waals surface area contributed by atoms with Gasteiger partial charge < -0.3 is 14.6 Å². The topological polar surface area (TPSA) is 78.7 Å². The second-order valence-electron chi connectivity index (χ2n) is 7.36. The van der Waals surface area contributed by atoms with E-state index in [4.69, 9.17) is 4.42 Å². The summed E-state index contributed by atoms with van der Waals surface area (Å²) in [6, 6.07) is 7.22. The van der Waals surface area contributed by atoms with E-state index >= 15 is 0 Å². The van der Waals surface area contributed by atoms with E-state index in [2.05, 4.69) is 15.2 Å². The Hall–Kier alpha value is -1.74. The molecule has 0 spiro atoms. The van der Waals surface area contributed by atoms with Crippen molar-refractivity contribution in [1.29, 1.82) is 0 Å². The van der Waals surface area contributed by atoms with Crippen LogP contribution in [0.2, 0.25) is 0 Å². The third-order valence-electron chi connectivity index (χ3n) is 5.17. The smallest absolute Gasteiger partial charge is 0.243 e. The Kier molecular flexibility index (Phi) is 5.32. The number of rotatable bonds is 7. The summed E-state index contributed by atoms with van der Waals surface area (Å²) in [5, 5.41) is 3.29. The number of likely N-dealkylation sites (N-methyl/N-ethyl adjacent to an activating group) is 1. The summed E-state index contributed by atoms with van der Waals surface area (Å²) in [5.41, 5.74) is 0.776. The van der Waals surface area contributed by atoms with Crippen molar-refractivity contribution in [1.82, 2.24) is 19.5 Å². The molecule has 27 heavy (non-hydrogen) atoms. The first kappa shape index (κ1) is 18.6. The third-order valence-corrected chi connectivity index (χ3v) is 7.16. The van der Waals surface area contributed by atoms with Crippen LogP contribution in [0.1, 0.15) is 36.0 Å². The molecule has 1 aromatic heterocycles. The van der Waals surface area contributed by atoms with Gasteiger partial charge in [-0.1, -0.05) is 18.2 Å². The molecule has 1 N–H and O–H groups in total. The van der Waals surface area contributed by atoms with E-state index in [9.17, 15) is 8.42 Å². The molecular formula is C19H26N4O3S. The van der Waals surface area contributed by atoms with Gasteiger partial charge in [0.2, 0.25) is 10.0 Å². The summed E-state index contributed by atoms with van der Waals surface area (Å²) in [5.74, 6) is 2.11. The number of benzene rings is 1. The van der Waals surface area contributed by atoms with Crippen LogP contribution in [0.3, 0.4) is 0 Å². The molecule has 7 nitrogen and oxygen atoms in total. The predicted molar refractivity (Wildman–Crippen MR) is 102 cm³/mol. The molecule has 1 aromatic carbocycles. The highest BCUT2D eigenvalue weighted by atomic mass is 32.2. The number of oxazole rings is 1. The highest BCUT2D eigenvalue weighted by Gasteiger charge is 2.30. The number of piperazine rings is 1. The molecule has 1 saturated heterocycles. The number of hydrogen-bond acceptors (Lipinski definition) is 6. The van der Waals surface area contributed by atoms with Crippen LogP contribution in [0.15, 0.2) is 39.8 Å². The molecule has 2 fully saturated rings. The minimum absolute atomic E-state index is 0.387. The fraction of sp³-hybridized carbons (Fsp3) is 0.526. The summed E-state index contributed by atoms with van der Waals surface area (Å²) in [4.78, 5) is 6.85. The molecule has 4 rings (SSSR count). The van der Waals surface area contributed by atoms with E-state index in [0.29, 0.717) is 37.0 Å². The van der Waals surface area contributed by atoms with Gasteiger partial charge in [-0.05, 0) is 31.5 Å². The zero-order valence-electron chi connectivity index (χ0n) is 15.6. The first-order chi connectivity index (χ1) is 13.0. The molecule has 146 valence electrons. The normalized spacial score (nSPS) is 19.4. The van der Waals surface area contributed by atoms with E-state index in [1.54, 1.807) is 22.6 Å². The second-order valence-corrected chi connectivity index (χ2v) is 9.26. The van der Waals surface area contributed by atoms with Crippen LogP contribution in [0.25, 0.3) is 0 Å². The van der Waals surface area contributed by atoms with Gasteiger partial charge in [-0.25, -0.2) is 13.4 Å². The average molecular weight is 391 g/mol. The Balaban J connectivity index is 1.42. The summed E-state index contributed by atoms with van der Waals surface area (Å²) in [6.07, 6.45) is 4.07. The van der Waals surface area contributed by atoms with Gasteiger partial charge >= 0.3 is 0 Å². The van der Waals surface area contributed by atoms with E-state index in [-0.39, 0.29) is 0 Å². The van der Waals surface area contributed by atoms with Crippen LogP contribution in [0.5, 0.6) is 0 Å². The lowest BCUT2D eigenvalue weighted by Crippen LogP contribution is -2.47. The number of nitrogens with one attached hydrogen (secondary N) is 1. The molecule has 2 aromatic rings. The lowest BCUT2D eigenvalue weighted by molar-refractivity contribution is 0.222. The molecule has 0 amide bonds. The maximum atomic E-state index is 13.1. The molecule has 2 aliphatic rings. The van der Waals surface area contributed by atoms with Crippen molar-refractivity contribution in [2.45, 2.75) is 36.7 Å². The molecular weight excluding hydrogens is 364 g/mol. The zero-order valence-corrected chi connectivity index (χ0v) is 16.4. The lowest BCUT2D eigenvalue weighted by atomic mass is 10.2. The minimum Gasteiger partial charge on any atom is -0.444 e. The number of nitrogens with zero attached hydrogens (tertiary/aromatic N) is 3. The second kappa shape index (κ2) is 7.71. The predicted octanol–water partition coefficient (Wildman–Crippen LogP) is 1.78. The monoisotopic (exact) mass is 390 g/mol. The number of hydrogen-bond donors (Lipinski definition) is 1. The minimum atomic E-state index is -3.48. The van der Waals surface area contributed by atoms with Crippen molar-refractivity contribution >= 4 is 10.0 Å². The van der Waals surface area contributed by atoms with Crippen LogP contribution in [0, 0.1) is 0 Å². The van der Waals surface area contributed by atoms with Gasteiger partial charge in [-0.3, -0.25) is 0 Å². The molecule has 0 unspecified atom stereocenters. The van der Waals surface area contributed by atoms with E-state index in [1.165, 1.54) is 0 Å². The van der Waals surface area contributed by atoms with Gasteiger partial charge in [-0.2, -0.15) is 4.31 Å². The van der Waals surface area contributed by atoms with E-state index < -0.39 is 10.0 Å². The van der Waals surface area contributed by atoms with Gasteiger partial charge in [0.25, 0.3) is 0 Å². The SMILES string of the molecule is CN1CCN(S(=O)(=O)c2ccccc2CNCc2cnc(C3CC3)o2)CC1. The van der Waals surface area contributed by atoms with E-state index in [0.717, 1.165) is 43.1 Å². The Morgan fingerprint density at radius 2 is 1.89 bits per heavy atom. The fourth-order valence-electron chi connectivity index (χ4n) is 3.31. The van der Waals surface area contributed by atoms with Crippen LogP contribution >= 0.6 is 0 Å². The fourth-order valence-corrected chi connectivity index (χ4v) is 4.96. The molecule has 0 bridgehead atoms. The van der Waals surface area contributed by atoms with Gasteiger partial charge in [0.1, 0.15) is 5.76 Å². The van der Waals surface area contributed by atoms with E-state index in [1.807, 2.05) is 19.2 Å². The van der Waals surface area contributed by atoms with Crippen LogP contribution in [-0.2, 0) is 23.1 Å². The summed E-state index contributed by atoms with van der Waals surface area (Å²) >= 11 is 0. The molecule has 1 aliphatic heterocycles. The lowest BCUT2D eigenvalue weighted by Gasteiger charge is -2.32. The molecule has 1 saturated carbocycles. The summed E-state index contributed by atoms with van der Waals surface area (Å²) < 4.78 is 33.5. The van der Waals surface area contributed by atoms with Crippen molar-refractivity contribution in [2.75, 3.05) is 33.2 Å². The standard InChI is InChI=1S/C19H26N4O3S/c1-22-8-10-23(11-9-22)27(24,25)18-5-3-2-4-16(18)12-20-13-17-14-21-19(26-17)15-6-7-15/h2-5,14-15,20H,6-13H2,1H3. The maximum Gasteiger partial charge on any atom is 0.243 e. The van der Waals surface area contributed by atoms with Crippen molar-refractivity contribution < 1.29 is 12.8 Å². The van der Waals surface area contributed by atoms with Gasteiger partial charge in [0, 0.05) is 38.6 Å². The molecule has 0 radical (unpaired) electrons. The van der Waals surface area contributed by atoms with Crippen molar-refractivity contribution in [3.8, 4) is 0 Å². The zero-order chi connectivity index (χ0) is 18.9.